The lowest BCUT2D eigenvalue weighted by atomic mass is 10.2. The number of fused-ring (bicyclic) bond motifs is 1. The molecule has 1 N–H and O–H groups in total. The van der Waals surface area contributed by atoms with Crippen LogP contribution < -0.4 is 5.32 Å². The number of rotatable bonds is 4. The molecule has 0 radical (unpaired) electrons. The molecule has 2 heterocycles. The number of nitrogens with one attached hydrogen (secondary N) is 1. The van der Waals surface area contributed by atoms with Crippen LogP contribution in [-0.2, 0) is 12.8 Å². The van der Waals surface area contributed by atoms with Crippen molar-refractivity contribution in [1.82, 2.24) is 9.97 Å². The summed E-state index contributed by atoms with van der Waals surface area (Å²) in [7, 11) is 0. The molecule has 0 aromatic carbocycles. The van der Waals surface area contributed by atoms with Crippen LogP contribution in [0.5, 0.6) is 0 Å². The van der Waals surface area contributed by atoms with E-state index in [4.69, 9.17) is 9.97 Å². The third-order valence-corrected chi connectivity index (χ3v) is 4.55. The van der Waals surface area contributed by atoms with Crippen molar-refractivity contribution in [3.05, 3.63) is 28.3 Å². The van der Waals surface area contributed by atoms with Crippen LogP contribution in [0.4, 0.5) is 5.82 Å². The predicted octanol–water partition coefficient (Wildman–Crippen LogP) is 3.82. The first-order valence-electron chi connectivity index (χ1n) is 6.97. The van der Waals surface area contributed by atoms with Gasteiger partial charge < -0.3 is 5.32 Å². The van der Waals surface area contributed by atoms with Gasteiger partial charge in [-0.05, 0) is 49.6 Å². The molecule has 1 aliphatic rings. The highest BCUT2D eigenvalue weighted by Gasteiger charge is 2.20. The molecule has 3 rings (SSSR count). The van der Waals surface area contributed by atoms with Crippen LogP contribution in [0.15, 0.2) is 11.4 Å². The fourth-order valence-corrected chi connectivity index (χ4v) is 3.38. The van der Waals surface area contributed by atoms with Crippen LogP contribution in [0.2, 0.25) is 0 Å². The summed E-state index contributed by atoms with van der Waals surface area (Å²) in [4.78, 5) is 10.8. The second-order valence-corrected chi connectivity index (χ2v) is 5.95. The number of aryl methyl sites for hydroxylation is 2. The van der Waals surface area contributed by atoms with E-state index < -0.39 is 0 Å². The normalized spacial score (nSPS) is 13.6. The number of aromatic nitrogens is 2. The van der Waals surface area contributed by atoms with Crippen molar-refractivity contribution < 1.29 is 0 Å². The van der Waals surface area contributed by atoms with Gasteiger partial charge >= 0.3 is 0 Å². The Bertz CT molecular complexity index is 589. The molecule has 0 amide bonds. The SMILES string of the molecule is CCCNc1nc(-c2sccc2C)nc2c1CCC2. The summed E-state index contributed by atoms with van der Waals surface area (Å²) in [5.41, 5.74) is 3.85. The topological polar surface area (TPSA) is 37.8 Å². The standard InChI is InChI=1S/C15H19N3S/c1-3-8-16-14-11-5-4-6-12(11)17-15(18-14)13-10(2)7-9-19-13/h7,9H,3-6,8H2,1-2H3,(H,16,17,18). The molecule has 0 aliphatic heterocycles. The monoisotopic (exact) mass is 273 g/mol. The van der Waals surface area contributed by atoms with E-state index >= 15 is 0 Å². The van der Waals surface area contributed by atoms with E-state index in [1.165, 1.54) is 28.1 Å². The Morgan fingerprint density at radius 1 is 1.32 bits per heavy atom. The van der Waals surface area contributed by atoms with Crippen molar-refractivity contribution in [2.45, 2.75) is 39.5 Å². The van der Waals surface area contributed by atoms with Gasteiger partial charge in [-0.15, -0.1) is 11.3 Å². The summed E-state index contributed by atoms with van der Waals surface area (Å²) in [6, 6.07) is 2.13. The average molecular weight is 273 g/mol. The summed E-state index contributed by atoms with van der Waals surface area (Å²) < 4.78 is 0. The molecule has 4 heteroatoms. The summed E-state index contributed by atoms with van der Waals surface area (Å²) in [5.74, 6) is 1.96. The highest BCUT2D eigenvalue weighted by Crippen LogP contribution is 2.32. The van der Waals surface area contributed by atoms with E-state index in [1.807, 2.05) is 0 Å². The zero-order valence-electron chi connectivity index (χ0n) is 11.5. The Kier molecular flexibility index (Phi) is 3.51. The molecule has 0 bridgehead atoms. The molecular formula is C15H19N3S. The van der Waals surface area contributed by atoms with Gasteiger partial charge in [-0.2, -0.15) is 0 Å². The van der Waals surface area contributed by atoms with Crippen LogP contribution in [0, 0.1) is 6.92 Å². The van der Waals surface area contributed by atoms with Gasteiger partial charge in [0.15, 0.2) is 5.82 Å². The first kappa shape index (κ1) is 12.6. The Labute approximate surface area is 118 Å². The summed E-state index contributed by atoms with van der Waals surface area (Å²) in [6.45, 7) is 5.28. The first-order valence-corrected chi connectivity index (χ1v) is 7.85. The Balaban J connectivity index is 2.05. The molecule has 2 aromatic rings. The lowest BCUT2D eigenvalue weighted by Gasteiger charge is -2.11. The molecular weight excluding hydrogens is 254 g/mol. The van der Waals surface area contributed by atoms with E-state index in [-0.39, 0.29) is 0 Å². The molecule has 0 unspecified atom stereocenters. The van der Waals surface area contributed by atoms with Crippen molar-refractivity contribution in [2.75, 3.05) is 11.9 Å². The molecule has 0 spiro atoms. The van der Waals surface area contributed by atoms with Gasteiger partial charge in [-0.25, -0.2) is 9.97 Å². The van der Waals surface area contributed by atoms with Gasteiger partial charge in [0.05, 0.1) is 4.88 Å². The highest BCUT2D eigenvalue weighted by atomic mass is 32.1. The molecule has 19 heavy (non-hydrogen) atoms. The Morgan fingerprint density at radius 2 is 2.21 bits per heavy atom. The molecule has 0 fully saturated rings. The molecule has 1 aliphatic carbocycles. The minimum atomic E-state index is 0.895. The van der Waals surface area contributed by atoms with Gasteiger partial charge in [0.2, 0.25) is 0 Å². The Morgan fingerprint density at radius 3 is 2.95 bits per heavy atom. The smallest absolute Gasteiger partial charge is 0.172 e. The molecule has 2 aromatic heterocycles. The Hall–Kier alpha value is -1.42. The third kappa shape index (κ3) is 2.37. The summed E-state index contributed by atoms with van der Waals surface area (Å²) in [6.07, 6.45) is 4.53. The second kappa shape index (κ2) is 5.29. The zero-order valence-corrected chi connectivity index (χ0v) is 12.3. The van der Waals surface area contributed by atoms with Crippen LogP contribution in [0.3, 0.4) is 0 Å². The second-order valence-electron chi connectivity index (χ2n) is 5.03. The minimum absolute atomic E-state index is 0.895. The van der Waals surface area contributed by atoms with E-state index in [0.717, 1.165) is 37.4 Å². The van der Waals surface area contributed by atoms with Crippen molar-refractivity contribution in [3.63, 3.8) is 0 Å². The van der Waals surface area contributed by atoms with Crippen molar-refractivity contribution >= 4 is 17.2 Å². The molecule has 0 saturated carbocycles. The van der Waals surface area contributed by atoms with E-state index in [2.05, 4.69) is 30.6 Å². The lowest BCUT2D eigenvalue weighted by Crippen LogP contribution is -2.08. The fraction of sp³-hybridized carbons (Fsp3) is 0.467. The quantitative estimate of drug-likeness (QED) is 0.920. The number of hydrogen-bond acceptors (Lipinski definition) is 4. The molecule has 3 nitrogen and oxygen atoms in total. The summed E-state index contributed by atoms with van der Waals surface area (Å²) >= 11 is 1.73. The maximum absolute atomic E-state index is 4.78. The number of thiophene rings is 1. The fourth-order valence-electron chi connectivity index (χ4n) is 2.53. The highest BCUT2D eigenvalue weighted by molar-refractivity contribution is 7.13. The van der Waals surface area contributed by atoms with Crippen LogP contribution in [0.1, 0.15) is 36.6 Å². The van der Waals surface area contributed by atoms with Crippen LogP contribution >= 0.6 is 11.3 Å². The summed E-state index contributed by atoms with van der Waals surface area (Å²) in [5, 5.41) is 5.58. The predicted molar refractivity (Wildman–Crippen MR) is 80.9 cm³/mol. The maximum atomic E-state index is 4.78. The van der Waals surface area contributed by atoms with Crippen LogP contribution in [-0.4, -0.2) is 16.5 Å². The molecule has 100 valence electrons. The van der Waals surface area contributed by atoms with Crippen molar-refractivity contribution in [1.29, 1.82) is 0 Å². The van der Waals surface area contributed by atoms with E-state index in [1.54, 1.807) is 11.3 Å². The maximum Gasteiger partial charge on any atom is 0.172 e. The molecule has 0 saturated heterocycles. The van der Waals surface area contributed by atoms with E-state index in [9.17, 15) is 0 Å². The number of anilines is 1. The van der Waals surface area contributed by atoms with Crippen molar-refractivity contribution in [3.8, 4) is 10.7 Å². The lowest BCUT2D eigenvalue weighted by molar-refractivity contribution is 0.899. The van der Waals surface area contributed by atoms with E-state index in [0.29, 0.717) is 0 Å². The van der Waals surface area contributed by atoms with Gasteiger partial charge in [0, 0.05) is 17.8 Å². The van der Waals surface area contributed by atoms with Crippen LogP contribution in [0.25, 0.3) is 10.7 Å². The van der Waals surface area contributed by atoms with Gasteiger partial charge in [0.25, 0.3) is 0 Å². The average Bonchev–Trinajstić information content (AvgIpc) is 3.03. The van der Waals surface area contributed by atoms with Crippen molar-refractivity contribution in [2.24, 2.45) is 0 Å². The third-order valence-electron chi connectivity index (χ3n) is 3.54. The van der Waals surface area contributed by atoms with Gasteiger partial charge in [-0.1, -0.05) is 6.92 Å². The van der Waals surface area contributed by atoms with Gasteiger partial charge in [0.1, 0.15) is 5.82 Å². The minimum Gasteiger partial charge on any atom is -0.370 e. The first-order chi connectivity index (χ1) is 9.29. The molecule has 0 atom stereocenters. The zero-order chi connectivity index (χ0) is 13.2. The number of nitrogens with zero attached hydrogens (tertiary/aromatic N) is 2. The largest absolute Gasteiger partial charge is 0.370 e. The number of hydrogen-bond donors (Lipinski definition) is 1. The van der Waals surface area contributed by atoms with Gasteiger partial charge in [-0.3, -0.25) is 0 Å².